The Bertz CT molecular complexity index is 516. The molecule has 0 aromatic rings. The van der Waals surface area contributed by atoms with Crippen molar-refractivity contribution in [2.24, 2.45) is 17.3 Å². The molecule has 3 rings (SSSR count). The molecule has 0 amide bonds. The molecule has 0 N–H and O–H groups in total. The van der Waals surface area contributed by atoms with Crippen molar-refractivity contribution < 1.29 is 9.53 Å². The summed E-state index contributed by atoms with van der Waals surface area (Å²) in [6.07, 6.45) is 16.0. The number of carbonyl (C=O) groups excluding carboxylic acids is 1. The van der Waals surface area contributed by atoms with Crippen molar-refractivity contribution in [3.63, 3.8) is 0 Å². The first-order valence-electron chi connectivity index (χ1n) is 9.55. The number of carbonyl (C=O) groups is 1. The predicted molar refractivity (Wildman–Crippen MR) is 94.0 cm³/mol. The van der Waals surface area contributed by atoms with Crippen LogP contribution in [0.4, 0.5) is 0 Å². The quantitative estimate of drug-likeness (QED) is 0.621. The maximum Gasteiger partial charge on any atom is 0.302 e. The van der Waals surface area contributed by atoms with Gasteiger partial charge in [-0.05, 0) is 68.6 Å². The van der Waals surface area contributed by atoms with E-state index in [1.54, 1.807) is 5.57 Å². The molecular formula is C21H32O2. The van der Waals surface area contributed by atoms with Gasteiger partial charge < -0.3 is 4.74 Å². The van der Waals surface area contributed by atoms with Crippen LogP contribution in [-0.2, 0) is 9.53 Å². The third-order valence-electron chi connectivity index (χ3n) is 6.82. The Hall–Kier alpha value is -1.05. The average molecular weight is 316 g/mol. The molecule has 3 aliphatic rings. The Morgan fingerprint density at radius 2 is 2.00 bits per heavy atom. The molecule has 3 saturated carbocycles. The molecular weight excluding hydrogens is 284 g/mol. The number of hydrogen-bond acceptors (Lipinski definition) is 2. The van der Waals surface area contributed by atoms with Gasteiger partial charge in [-0.25, -0.2) is 0 Å². The first-order valence-corrected chi connectivity index (χ1v) is 9.55. The summed E-state index contributed by atoms with van der Waals surface area (Å²) in [7, 11) is 0. The summed E-state index contributed by atoms with van der Waals surface area (Å²) in [5.41, 5.74) is 3.69. The summed E-state index contributed by atoms with van der Waals surface area (Å²) in [5, 5.41) is 0. The van der Waals surface area contributed by atoms with Crippen LogP contribution in [0.15, 0.2) is 23.3 Å². The van der Waals surface area contributed by atoms with Crippen molar-refractivity contribution in [2.75, 3.05) is 0 Å². The second-order valence-corrected chi connectivity index (χ2v) is 8.28. The number of ether oxygens (including phenoxy) is 1. The van der Waals surface area contributed by atoms with E-state index >= 15 is 0 Å². The molecule has 0 spiro atoms. The Labute approximate surface area is 141 Å². The van der Waals surface area contributed by atoms with Crippen LogP contribution in [-0.4, -0.2) is 12.1 Å². The molecule has 0 radical (unpaired) electrons. The number of rotatable bonds is 2. The summed E-state index contributed by atoms with van der Waals surface area (Å²) in [4.78, 5) is 11.2. The van der Waals surface area contributed by atoms with Crippen LogP contribution in [0, 0.1) is 17.3 Å². The Balaban J connectivity index is 1.70. The summed E-state index contributed by atoms with van der Waals surface area (Å²) in [6, 6.07) is 0. The van der Waals surface area contributed by atoms with Crippen LogP contribution in [0.2, 0.25) is 0 Å². The molecule has 128 valence electrons. The van der Waals surface area contributed by atoms with Crippen molar-refractivity contribution in [3.8, 4) is 0 Å². The van der Waals surface area contributed by atoms with Crippen molar-refractivity contribution in [2.45, 2.75) is 84.7 Å². The Morgan fingerprint density at radius 3 is 2.78 bits per heavy atom. The van der Waals surface area contributed by atoms with Crippen molar-refractivity contribution >= 4 is 5.97 Å². The standard InChI is InChI=1S/C21H32O2/c1-15-9-12-20-18(7-5-13-21(15,20)3)11-10-17-6-4-8-19(14-17)23-16(2)22/h10-11,15,19-20H,4-9,12-14H2,1-3H3/b17-10-,18-11+. The number of hydrogen-bond donors (Lipinski definition) is 0. The van der Waals surface area contributed by atoms with E-state index in [1.807, 2.05) is 0 Å². The van der Waals surface area contributed by atoms with Gasteiger partial charge in [-0.2, -0.15) is 0 Å². The van der Waals surface area contributed by atoms with Gasteiger partial charge in [-0.3, -0.25) is 4.79 Å². The molecule has 3 aliphatic carbocycles. The van der Waals surface area contributed by atoms with Gasteiger partial charge in [0.05, 0.1) is 0 Å². The van der Waals surface area contributed by atoms with Crippen LogP contribution in [0.25, 0.3) is 0 Å². The highest BCUT2D eigenvalue weighted by Crippen LogP contribution is 2.57. The van der Waals surface area contributed by atoms with E-state index in [9.17, 15) is 4.79 Å². The fourth-order valence-corrected chi connectivity index (χ4v) is 5.26. The Morgan fingerprint density at radius 1 is 1.17 bits per heavy atom. The van der Waals surface area contributed by atoms with Gasteiger partial charge in [0.25, 0.3) is 0 Å². The minimum absolute atomic E-state index is 0.106. The lowest BCUT2D eigenvalue weighted by Crippen LogP contribution is -2.31. The molecule has 0 heterocycles. The topological polar surface area (TPSA) is 26.3 Å². The molecule has 4 atom stereocenters. The van der Waals surface area contributed by atoms with Crippen LogP contribution in [0.3, 0.4) is 0 Å². The molecule has 2 heteroatoms. The van der Waals surface area contributed by atoms with Crippen LogP contribution in [0.1, 0.15) is 78.6 Å². The van der Waals surface area contributed by atoms with E-state index < -0.39 is 0 Å². The maximum atomic E-state index is 11.2. The SMILES string of the molecule is CC(=O)OC1CCC/C(=C/C=C2\CCCC3(C)C(C)CCC23)C1. The molecule has 4 unspecified atom stereocenters. The van der Waals surface area contributed by atoms with Crippen LogP contribution in [0.5, 0.6) is 0 Å². The Kier molecular flexibility index (Phi) is 4.98. The van der Waals surface area contributed by atoms with Gasteiger partial charge in [0.1, 0.15) is 6.10 Å². The fourth-order valence-electron chi connectivity index (χ4n) is 5.26. The molecule has 0 saturated heterocycles. The fraction of sp³-hybridized carbons (Fsp3) is 0.762. The van der Waals surface area contributed by atoms with Crippen LogP contribution < -0.4 is 0 Å². The minimum Gasteiger partial charge on any atom is -0.462 e. The van der Waals surface area contributed by atoms with E-state index in [-0.39, 0.29) is 12.1 Å². The highest BCUT2D eigenvalue weighted by molar-refractivity contribution is 5.66. The molecule has 2 nitrogen and oxygen atoms in total. The molecule has 23 heavy (non-hydrogen) atoms. The molecule has 0 aromatic heterocycles. The van der Waals surface area contributed by atoms with Crippen molar-refractivity contribution in [3.05, 3.63) is 23.3 Å². The van der Waals surface area contributed by atoms with Crippen LogP contribution >= 0.6 is 0 Å². The zero-order chi connectivity index (χ0) is 16.4. The van der Waals surface area contributed by atoms with Gasteiger partial charge in [-0.1, -0.05) is 37.1 Å². The normalized spacial score (nSPS) is 41.1. The zero-order valence-electron chi connectivity index (χ0n) is 15.1. The lowest BCUT2D eigenvalue weighted by Gasteiger charge is -2.41. The summed E-state index contributed by atoms with van der Waals surface area (Å²) < 4.78 is 5.41. The molecule has 3 fully saturated rings. The first-order chi connectivity index (χ1) is 11.0. The predicted octanol–water partition coefficient (Wildman–Crippen LogP) is 5.58. The van der Waals surface area contributed by atoms with E-state index in [2.05, 4.69) is 26.0 Å². The third kappa shape index (κ3) is 3.56. The van der Waals surface area contributed by atoms with Crippen molar-refractivity contribution in [1.82, 2.24) is 0 Å². The van der Waals surface area contributed by atoms with Gasteiger partial charge >= 0.3 is 5.97 Å². The number of allylic oxidation sites excluding steroid dienone is 3. The van der Waals surface area contributed by atoms with Crippen molar-refractivity contribution in [1.29, 1.82) is 0 Å². The molecule has 0 aliphatic heterocycles. The van der Waals surface area contributed by atoms with E-state index in [0.29, 0.717) is 5.41 Å². The molecule has 0 bridgehead atoms. The smallest absolute Gasteiger partial charge is 0.302 e. The first kappa shape index (κ1) is 16.8. The number of fused-ring (bicyclic) bond motifs is 1. The average Bonchev–Trinajstić information content (AvgIpc) is 2.81. The highest BCUT2D eigenvalue weighted by Gasteiger charge is 2.46. The third-order valence-corrected chi connectivity index (χ3v) is 6.82. The lowest BCUT2D eigenvalue weighted by atomic mass is 9.64. The maximum absolute atomic E-state index is 11.2. The second kappa shape index (κ2) is 6.83. The largest absolute Gasteiger partial charge is 0.462 e. The van der Waals surface area contributed by atoms with E-state index in [0.717, 1.165) is 31.1 Å². The van der Waals surface area contributed by atoms with E-state index in [1.165, 1.54) is 51.0 Å². The van der Waals surface area contributed by atoms with Gasteiger partial charge in [-0.15, -0.1) is 0 Å². The molecule has 0 aromatic carbocycles. The van der Waals surface area contributed by atoms with Gasteiger partial charge in [0.15, 0.2) is 0 Å². The zero-order valence-corrected chi connectivity index (χ0v) is 15.1. The summed E-state index contributed by atoms with van der Waals surface area (Å²) >= 11 is 0. The van der Waals surface area contributed by atoms with Gasteiger partial charge in [0, 0.05) is 13.3 Å². The number of esters is 1. The lowest BCUT2D eigenvalue weighted by molar-refractivity contribution is -0.147. The highest BCUT2D eigenvalue weighted by atomic mass is 16.5. The second-order valence-electron chi connectivity index (χ2n) is 8.28. The van der Waals surface area contributed by atoms with E-state index in [4.69, 9.17) is 4.74 Å². The summed E-state index contributed by atoms with van der Waals surface area (Å²) in [6.45, 7) is 6.49. The van der Waals surface area contributed by atoms with Gasteiger partial charge in [0.2, 0.25) is 0 Å². The summed E-state index contributed by atoms with van der Waals surface area (Å²) in [5.74, 6) is 1.53. The minimum atomic E-state index is -0.141. The monoisotopic (exact) mass is 316 g/mol.